The second-order valence-electron chi connectivity index (χ2n) is 2.60. The molecule has 0 fully saturated rings. The summed E-state index contributed by atoms with van der Waals surface area (Å²) in [4.78, 5) is 28.0. The summed E-state index contributed by atoms with van der Waals surface area (Å²) in [6.45, 7) is 1.62. The summed E-state index contributed by atoms with van der Waals surface area (Å²) >= 11 is 0. The first-order chi connectivity index (χ1) is 6.24. The molecule has 0 amide bonds. The Hall–Kier alpha value is -1.91. The summed E-state index contributed by atoms with van der Waals surface area (Å²) in [6.07, 6.45) is 1.83. The molecule has 1 N–H and O–H groups in total. The molecule has 0 aliphatic rings. The summed E-state index contributed by atoms with van der Waals surface area (Å²) in [7, 11) is 0. The van der Waals surface area contributed by atoms with Crippen LogP contribution in [0.3, 0.4) is 0 Å². The van der Waals surface area contributed by atoms with Crippen LogP contribution < -0.4 is 5.56 Å². The summed E-state index contributed by atoms with van der Waals surface area (Å²) in [5.41, 5.74) is 0.108. The van der Waals surface area contributed by atoms with E-state index in [0.717, 1.165) is 0 Å². The number of aromatic amines is 1. The van der Waals surface area contributed by atoms with Crippen LogP contribution in [0.1, 0.15) is 16.1 Å². The lowest BCUT2D eigenvalue weighted by Crippen LogP contribution is -2.06. The second kappa shape index (κ2) is 2.55. The first kappa shape index (κ1) is 7.72. The fourth-order valence-electron chi connectivity index (χ4n) is 1.22. The summed E-state index contributed by atoms with van der Waals surface area (Å²) in [5.74, 6) is 0.411. The highest BCUT2D eigenvalue weighted by Gasteiger charge is 2.13. The summed E-state index contributed by atoms with van der Waals surface area (Å²) in [5, 5.41) is 0.218. The topological polar surface area (TPSA) is 76.0 Å². The predicted molar refractivity (Wildman–Crippen MR) is 44.8 cm³/mol. The zero-order valence-corrected chi connectivity index (χ0v) is 6.83. The van der Waals surface area contributed by atoms with Gasteiger partial charge in [-0.05, 0) is 6.92 Å². The quantitative estimate of drug-likeness (QED) is 0.650. The number of furan rings is 1. The lowest BCUT2D eigenvalue weighted by Gasteiger charge is -1.84. The van der Waals surface area contributed by atoms with Crippen molar-refractivity contribution in [3.8, 4) is 0 Å². The van der Waals surface area contributed by atoms with E-state index < -0.39 is 0 Å². The number of nitrogens with zero attached hydrogens (tertiary/aromatic N) is 1. The molecular formula is C8H6N2O3. The van der Waals surface area contributed by atoms with E-state index in [2.05, 4.69) is 9.97 Å². The fraction of sp³-hybridized carbons (Fsp3) is 0.125. The van der Waals surface area contributed by atoms with Crippen molar-refractivity contribution in [3.63, 3.8) is 0 Å². The van der Waals surface area contributed by atoms with Crippen LogP contribution in [-0.4, -0.2) is 16.3 Å². The van der Waals surface area contributed by atoms with Gasteiger partial charge in [0.2, 0.25) is 5.71 Å². The molecule has 0 saturated heterocycles. The van der Waals surface area contributed by atoms with Gasteiger partial charge < -0.3 is 9.40 Å². The van der Waals surface area contributed by atoms with Gasteiger partial charge >= 0.3 is 0 Å². The Kier molecular flexibility index (Phi) is 1.51. The highest BCUT2D eigenvalue weighted by Crippen LogP contribution is 2.17. The fourth-order valence-corrected chi connectivity index (χ4v) is 1.22. The molecule has 0 aromatic carbocycles. The third kappa shape index (κ3) is 0.970. The molecule has 2 heterocycles. The standard InChI is InChI=1S/C8H6N2O3/c1-4-5(2-11)6-7(12)9-3-10-8(6)13-4/h2-3H,1H3,(H,9,10,12). The minimum Gasteiger partial charge on any atom is -0.442 e. The zero-order chi connectivity index (χ0) is 9.42. The van der Waals surface area contributed by atoms with Gasteiger partial charge in [-0.25, -0.2) is 4.98 Å². The molecule has 2 aromatic rings. The van der Waals surface area contributed by atoms with Crippen LogP contribution in [0, 0.1) is 6.92 Å². The van der Waals surface area contributed by atoms with Crippen LogP contribution in [0.25, 0.3) is 11.1 Å². The number of H-pyrrole nitrogens is 1. The van der Waals surface area contributed by atoms with Crippen molar-refractivity contribution in [2.75, 3.05) is 0 Å². The van der Waals surface area contributed by atoms with E-state index in [1.165, 1.54) is 6.33 Å². The molecule has 0 saturated carbocycles. The molecule has 0 bridgehead atoms. The number of hydrogen-bond donors (Lipinski definition) is 1. The Bertz CT molecular complexity index is 524. The lowest BCUT2D eigenvalue weighted by molar-refractivity contribution is 0.112. The van der Waals surface area contributed by atoms with E-state index in [0.29, 0.717) is 12.0 Å². The Morgan fingerprint density at radius 1 is 1.62 bits per heavy atom. The SMILES string of the molecule is Cc1oc2nc[nH]c(=O)c2c1C=O. The monoisotopic (exact) mass is 178 g/mol. The van der Waals surface area contributed by atoms with Crippen LogP contribution in [0.5, 0.6) is 0 Å². The van der Waals surface area contributed by atoms with Gasteiger partial charge in [0.25, 0.3) is 5.56 Å². The van der Waals surface area contributed by atoms with E-state index in [9.17, 15) is 9.59 Å². The van der Waals surface area contributed by atoms with Gasteiger partial charge in [0, 0.05) is 0 Å². The third-order valence-electron chi connectivity index (χ3n) is 1.83. The second-order valence-corrected chi connectivity index (χ2v) is 2.60. The van der Waals surface area contributed by atoms with Gasteiger partial charge in [-0.2, -0.15) is 0 Å². The van der Waals surface area contributed by atoms with Gasteiger partial charge in [-0.1, -0.05) is 0 Å². The Morgan fingerprint density at radius 2 is 2.38 bits per heavy atom. The number of carbonyl (C=O) groups excluding carboxylic acids is 1. The Labute approximate surface area is 72.4 Å². The van der Waals surface area contributed by atoms with Gasteiger partial charge in [0.15, 0.2) is 6.29 Å². The van der Waals surface area contributed by atoms with Crippen molar-refractivity contribution in [1.82, 2.24) is 9.97 Å². The molecule has 66 valence electrons. The van der Waals surface area contributed by atoms with Crippen molar-refractivity contribution in [2.45, 2.75) is 6.92 Å². The third-order valence-corrected chi connectivity index (χ3v) is 1.83. The van der Waals surface area contributed by atoms with Crippen molar-refractivity contribution in [2.24, 2.45) is 0 Å². The Morgan fingerprint density at radius 3 is 3.08 bits per heavy atom. The van der Waals surface area contributed by atoms with Crippen molar-refractivity contribution in [1.29, 1.82) is 0 Å². The molecule has 2 aromatic heterocycles. The van der Waals surface area contributed by atoms with E-state index in [4.69, 9.17) is 4.42 Å². The first-order valence-electron chi connectivity index (χ1n) is 3.66. The number of fused-ring (bicyclic) bond motifs is 1. The number of aryl methyl sites for hydroxylation is 1. The molecule has 0 atom stereocenters. The molecule has 2 rings (SSSR count). The number of aldehydes is 1. The minimum atomic E-state index is -0.357. The maximum Gasteiger partial charge on any atom is 0.262 e. The zero-order valence-electron chi connectivity index (χ0n) is 6.83. The average Bonchev–Trinajstić information content (AvgIpc) is 2.42. The van der Waals surface area contributed by atoms with Crippen LogP contribution in [0.2, 0.25) is 0 Å². The maximum absolute atomic E-state index is 11.3. The summed E-state index contributed by atoms with van der Waals surface area (Å²) in [6, 6.07) is 0. The molecule has 0 unspecified atom stereocenters. The van der Waals surface area contributed by atoms with E-state index in [-0.39, 0.29) is 22.2 Å². The van der Waals surface area contributed by atoms with Crippen molar-refractivity contribution < 1.29 is 9.21 Å². The number of hydrogen-bond acceptors (Lipinski definition) is 4. The minimum absolute atomic E-state index is 0.198. The number of nitrogens with one attached hydrogen (secondary N) is 1. The molecule has 13 heavy (non-hydrogen) atoms. The van der Waals surface area contributed by atoms with Crippen LogP contribution in [0.4, 0.5) is 0 Å². The lowest BCUT2D eigenvalue weighted by atomic mass is 10.2. The van der Waals surface area contributed by atoms with Crippen molar-refractivity contribution in [3.05, 3.63) is 28.0 Å². The van der Waals surface area contributed by atoms with Gasteiger partial charge in [0.05, 0.1) is 11.9 Å². The predicted octanol–water partition coefficient (Wildman–Crippen LogP) is 0.637. The van der Waals surface area contributed by atoms with Crippen LogP contribution in [-0.2, 0) is 0 Å². The number of aromatic nitrogens is 2. The first-order valence-corrected chi connectivity index (χ1v) is 3.66. The molecular weight excluding hydrogens is 172 g/mol. The van der Waals surface area contributed by atoms with Crippen molar-refractivity contribution >= 4 is 17.4 Å². The largest absolute Gasteiger partial charge is 0.442 e. The molecule has 5 nitrogen and oxygen atoms in total. The molecule has 5 heteroatoms. The number of rotatable bonds is 1. The van der Waals surface area contributed by atoms with Gasteiger partial charge in [0.1, 0.15) is 11.1 Å². The smallest absolute Gasteiger partial charge is 0.262 e. The highest BCUT2D eigenvalue weighted by atomic mass is 16.3. The molecule has 0 spiro atoms. The Balaban J connectivity index is 3.05. The molecule has 0 aliphatic heterocycles. The van der Waals surface area contributed by atoms with E-state index >= 15 is 0 Å². The highest BCUT2D eigenvalue weighted by molar-refractivity contribution is 5.95. The maximum atomic E-state index is 11.3. The normalized spacial score (nSPS) is 10.5. The van der Waals surface area contributed by atoms with Crippen LogP contribution in [0.15, 0.2) is 15.5 Å². The van der Waals surface area contributed by atoms with Gasteiger partial charge in [-0.3, -0.25) is 9.59 Å². The molecule has 0 radical (unpaired) electrons. The van der Waals surface area contributed by atoms with E-state index in [1.807, 2.05) is 0 Å². The van der Waals surface area contributed by atoms with Gasteiger partial charge in [-0.15, -0.1) is 0 Å². The van der Waals surface area contributed by atoms with E-state index in [1.54, 1.807) is 6.92 Å². The van der Waals surface area contributed by atoms with Crippen LogP contribution >= 0.6 is 0 Å². The average molecular weight is 178 g/mol. The number of carbonyl (C=O) groups is 1. The molecule has 0 aliphatic carbocycles. The summed E-state index contributed by atoms with van der Waals surface area (Å²) < 4.78 is 5.11.